The van der Waals surface area contributed by atoms with Crippen LogP contribution in [0.5, 0.6) is 0 Å². The lowest BCUT2D eigenvalue weighted by atomic mass is 9.91. The number of hydrogen-bond acceptors (Lipinski definition) is 3. The Labute approximate surface area is 340 Å². The molecule has 0 aliphatic rings. The topological polar surface area (TPSA) is 38.9 Å². The first-order valence-electron chi connectivity index (χ1n) is 20.1. The summed E-state index contributed by atoms with van der Waals surface area (Å²) in [5.74, 6) is 0.660. The van der Waals surface area contributed by atoms with Gasteiger partial charge in [-0.05, 0) is 96.4 Å². The van der Waals surface area contributed by atoms with E-state index in [1.807, 2.05) is 12.1 Å². The zero-order valence-electron chi connectivity index (χ0n) is 31.9. The highest BCUT2D eigenvalue weighted by molar-refractivity contribution is 6.26. The second kappa shape index (κ2) is 13.4. The molecule has 0 aliphatic heterocycles. The summed E-state index contributed by atoms with van der Waals surface area (Å²) in [7, 11) is 0. The molecule has 10 aromatic carbocycles. The fourth-order valence-electron chi connectivity index (χ4n) is 9.01. The first kappa shape index (κ1) is 33.3. The number of aromatic nitrogens is 2. The number of rotatable bonds is 5. The van der Waals surface area contributed by atoms with E-state index in [0.29, 0.717) is 5.82 Å². The number of fused-ring (bicyclic) bond motifs is 11. The van der Waals surface area contributed by atoms with E-state index in [0.717, 1.165) is 71.9 Å². The van der Waals surface area contributed by atoms with Crippen LogP contribution in [0.4, 0.5) is 0 Å². The second-order valence-electron chi connectivity index (χ2n) is 15.3. The van der Waals surface area contributed by atoms with Crippen molar-refractivity contribution in [1.29, 1.82) is 0 Å². The number of nitrogens with zero attached hydrogens (tertiary/aromatic N) is 2. The normalized spacial score (nSPS) is 11.7. The van der Waals surface area contributed by atoms with Crippen molar-refractivity contribution >= 4 is 65.0 Å². The third kappa shape index (κ3) is 5.51. The first-order chi connectivity index (χ1) is 29.2. The molecular weight excluding hydrogens is 717 g/mol. The van der Waals surface area contributed by atoms with Gasteiger partial charge in [0.05, 0.1) is 11.4 Å². The van der Waals surface area contributed by atoms with Crippen molar-refractivity contribution in [3.05, 3.63) is 206 Å². The molecule has 0 radical (unpaired) electrons. The molecule has 3 nitrogen and oxygen atoms in total. The fraction of sp³-hybridized carbons (Fsp3) is 0. The Morgan fingerprint density at radius 1 is 0.305 bits per heavy atom. The lowest BCUT2D eigenvalue weighted by Gasteiger charge is -2.13. The maximum Gasteiger partial charge on any atom is 0.161 e. The average molecular weight is 751 g/mol. The Kier molecular flexibility index (Phi) is 7.54. The molecule has 2 aromatic heterocycles. The Morgan fingerprint density at radius 2 is 0.780 bits per heavy atom. The molecule has 0 unspecified atom stereocenters. The minimum absolute atomic E-state index is 0.660. The van der Waals surface area contributed by atoms with Crippen LogP contribution in [0.1, 0.15) is 0 Å². The van der Waals surface area contributed by atoms with E-state index < -0.39 is 0 Å². The van der Waals surface area contributed by atoms with Crippen molar-refractivity contribution in [3.63, 3.8) is 0 Å². The minimum atomic E-state index is 0.660. The van der Waals surface area contributed by atoms with Gasteiger partial charge in [0.25, 0.3) is 0 Å². The van der Waals surface area contributed by atoms with Crippen LogP contribution in [-0.4, -0.2) is 9.97 Å². The van der Waals surface area contributed by atoms with E-state index in [2.05, 4.69) is 194 Å². The van der Waals surface area contributed by atoms with Crippen LogP contribution in [0.15, 0.2) is 211 Å². The molecule has 2 heterocycles. The number of furan rings is 1. The molecule has 274 valence electrons. The number of benzene rings is 10. The van der Waals surface area contributed by atoms with E-state index in [9.17, 15) is 0 Å². The summed E-state index contributed by atoms with van der Waals surface area (Å²) >= 11 is 0. The van der Waals surface area contributed by atoms with Crippen LogP contribution in [0.3, 0.4) is 0 Å². The fourth-order valence-corrected chi connectivity index (χ4v) is 9.01. The average Bonchev–Trinajstić information content (AvgIpc) is 3.71. The van der Waals surface area contributed by atoms with Crippen molar-refractivity contribution in [3.8, 4) is 56.2 Å². The molecule has 0 amide bonds. The molecule has 0 N–H and O–H groups in total. The van der Waals surface area contributed by atoms with E-state index in [1.54, 1.807) is 0 Å². The van der Waals surface area contributed by atoms with Crippen molar-refractivity contribution in [2.75, 3.05) is 0 Å². The molecule has 12 aromatic rings. The Bertz CT molecular complexity index is 3510. The van der Waals surface area contributed by atoms with Crippen LogP contribution in [-0.2, 0) is 0 Å². The van der Waals surface area contributed by atoms with Crippen molar-refractivity contribution in [2.24, 2.45) is 0 Å². The quantitative estimate of drug-likeness (QED) is 0.164. The van der Waals surface area contributed by atoms with Gasteiger partial charge in [0, 0.05) is 32.8 Å². The Hall–Kier alpha value is -7.88. The molecule has 0 saturated carbocycles. The van der Waals surface area contributed by atoms with Gasteiger partial charge in [-0.25, -0.2) is 9.97 Å². The molecule has 0 aliphatic carbocycles. The smallest absolute Gasteiger partial charge is 0.161 e. The third-order valence-corrected chi connectivity index (χ3v) is 11.8. The molecule has 0 spiro atoms. The van der Waals surface area contributed by atoms with E-state index in [1.165, 1.54) is 43.4 Å². The van der Waals surface area contributed by atoms with Gasteiger partial charge < -0.3 is 4.42 Å². The van der Waals surface area contributed by atoms with Crippen LogP contribution < -0.4 is 0 Å². The summed E-state index contributed by atoms with van der Waals surface area (Å²) in [6.07, 6.45) is 0. The summed E-state index contributed by atoms with van der Waals surface area (Å²) in [5, 5.41) is 11.8. The van der Waals surface area contributed by atoms with E-state index >= 15 is 0 Å². The van der Waals surface area contributed by atoms with Crippen molar-refractivity contribution in [1.82, 2.24) is 9.97 Å². The lowest BCUT2D eigenvalue weighted by Crippen LogP contribution is -1.96. The van der Waals surface area contributed by atoms with Gasteiger partial charge in [-0.3, -0.25) is 0 Å². The molecular formula is C56H34N2O. The van der Waals surface area contributed by atoms with Crippen LogP contribution in [0.2, 0.25) is 0 Å². The summed E-state index contributed by atoms with van der Waals surface area (Å²) < 4.78 is 6.79. The lowest BCUT2D eigenvalue weighted by molar-refractivity contribution is 0.673. The van der Waals surface area contributed by atoms with Gasteiger partial charge in [0.15, 0.2) is 5.82 Å². The zero-order valence-corrected chi connectivity index (χ0v) is 31.9. The molecule has 0 saturated heterocycles. The summed E-state index contributed by atoms with van der Waals surface area (Å²) in [5.41, 5.74) is 11.0. The highest BCUT2D eigenvalue weighted by Gasteiger charge is 2.20. The van der Waals surface area contributed by atoms with Gasteiger partial charge in [-0.15, -0.1) is 0 Å². The largest absolute Gasteiger partial charge is 0.455 e. The molecule has 59 heavy (non-hydrogen) atoms. The van der Waals surface area contributed by atoms with Gasteiger partial charge in [0.1, 0.15) is 11.2 Å². The van der Waals surface area contributed by atoms with Gasteiger partial charge in [0.2, 0.25) is 0 Å². The van der Waals surface area contributed by atoms with Crippen LogP contribution in [0.25, 0.3) is 121 Å². The maximum absolute atomic E-state index is 6.79. The molecule has 0 atom stereocenters. The molecule has 12 rings (SSSR count). The first-order valence-corrected chi connectivity index (χ1v) is 20.1. The Balaban J connectivity index is 1.04. The maximum atomic E-state index is 6.79. The molecule has 3 heteroatoms. The predicted molar refractivity (Wildman–Crippen MR) is 247 cm³/mol. The SMILES string of the molecule is c1ccc(-c2cc(-c3ccccc3)nc(-c3cc4ccccc4c4oc5ccc(-c6cccc(-c7ccc8c9ccccc9c9ccccc9c8c7)c6)cc5c34)n2)cc1. The molecule has 0 bridgehead atoms. The van der Waals surface area contributed by atoms with Gasteiger partial charge in [-0.1, -0.05) is 170 Å². The van der Waals surface area contributed by atoms with Gasteiger partial charge >= 0.3 is 0 Å². The number of hydrogen-bond donors (Lipinski definition) is 0. The predicted octanol–water partition coefficient (Wildman–Crippen LogP) is 15.3. The van der Waals surface area contributed by atoms with Gasteiger partial charge in [-0.2, -0.15) is 0 Å². The Morgan fingerprint density at radius 3 is 1.41 bits per heavy atom. The summed E-state index contributed by atoms with van der Waals surface area (Å²) in [6.45, 7) is 0. The highest BCUT2D eigenvalue weighted by Crippen LogP contribution is 2.43. The van der Waals surface area contributed by atoms with E-state index in [-0.39, 0.29) is 0 Å². The van der Waals surface area contributed by atoms with E-state index in [4.69, 9.17) is 14.4 Å². The molecule has 0 fully saturated rings. The standard InChI is InChI=1S/C56H34N2O/c1-3-14-35(15-4-1)51-34-52(36-16-5-2-6-17-36)58-56(57-51)50-33-41-18-7-8-21-42(41)55-54(50)49-32-40(27-29-53(49)59-55)38-20-13-19-37(30-38)39-26-28-47-45-24-10-9-22-43(45)44-23-11-12-25-46(44)48(47)31-39/h1-34H. The summed E-state index contributed by atoms with van der Waals surface area (Å²) in [4.78, 5) is 10.5. The third-order valence-electron chi connectivity index (χ3n) is 11.8. The van der Waals surface area contributed by atoms with Crippen LogP contribution in [0, 0.1) is 0 Å². The summed E-state index contributed by atoms with van der Waals surface area (Å²) in [6, 6.07) is 73.3. The van der Waals surface area contributed by atoms with Crippen molar-refractivity contribution in [2.45, 2.75) is 0 Å². The van der Waals surface area contributed by atoms with Crippen molar-refractivity contribution < 1.29 is 4.42 Å². The second-order valence-corrected chi connectivity index (χ2v) is 15.3. The van der Waals surface area contributed by atoms with Crippen LogP contribution >= 0.6 is 0 Å². The monoisotopic (exact) mass is 750 g/mol. The highest BCUT2D eigenvalue weighted by atomic mass is 16.3. The minimum Gasteiger partial charge on any atom is -0.455 e. The zero-order chi connectivity index (χ0) is 38.9.